The number of nitrogen functional groups attached to an aromatic ring is 1. The zero-order valence-corrected chi connectivity index (χ0v) is 11.2. The highest BCUT2D eigenvalue weighted by Gasteiger charge is 2.39. The molecule has 1 aromatic heterocycles. The van der Waals surface area contributed by atoms with E-state index in [1.807, 2.05) is 4.90 Å². The van der Waals surface area contributed by atoms with Crippen LogP contribution in [0.1, 0.15) is 25.0 Å². The van der Waals surface area contributed by atoms with Crippen molar-refractivity contribution in [1.29, 1.82) is 0 Å². The molecule has 6 nitrogen and oxygen atoms in total. The molecule has 3 rings (SSSR count). The zero-order valence-electron chi connectivity index (χ0n) is 11.2. The number of hydrogen-bond donors (Lipinski definition) is 2. The summed E-state index contributed by atoms with van der Waals surface area (Å²) in [5.74, 6) is 5.19. The minimum Gasteiger partial charge on any atom is -0.374 e. The van der Waals surface area contributed by atoms with Gasteiger partial charge in [0.1, 0.15) is 5.82 Å². The molecule has 1 saturated heterocycles. The fourth-order valence-corrected chi connectivity index (χ4v) is 3.00. The van der Waals surface area contributed by atoms with Crippen molar-refractivity contribution in [3.05, 3.63) is 11.8 Å². The Labute approximate surface area is 119 Å². The molecule has 0 amide bonds. The van der Waals surface area contributed by atoms with Crippen LogP contribution in [0.2, 0.25) is 0 Å². The lowest BCUT2D eigenvalue weighted by Gasteiger charge is -2.38. The molecule has 3 N–H and O–H groups in total. The van der Waals surface area contributed by atoms with Gasteiger partial charge >= 0.3 is 6.18 Å². The Kier molecular flexibility index (Phi) is 3.62. The lowest BCUT2D eigenvalue weighted by atomic mass is 10.1. The minimum atomic E-state index is -4.54. The molecule has 0 aromatic carbocycles. The van der Waals surface area contributed by atoms with Gasteiger partial charge in [0.2, 0.25) is 5.95 Å². The second kappa shape index (κ2) is 5.30. The summed E-state index contributed by atoms with van der Waals surface area (Å²) in [6, 6.07) is 1.04. The number of nitrogens with two attached hydrogens (primary N) is 1. The summed E-state index contributed by atoms with van der Waals surface area (Å²) in [4.78, 5) is 9.32. The molecule has 1 saturated carbocycles. The molecular formula is C12H16F3N5O. The van der Waals surface area contributed by atoms with E-state index in [0.717, 1.165) is 25.3 Å². The monoisotopic (exact) mass is 303 g/mol. The number of halogens is 3. The molecule has 116 valence electrons. The summed E-state index contributed by atoms with van der Waals surface area (Å²) in [5.41, 5.74) is 1.10. The number of nitrogens with one attached hydrogen (secondary N) is 1. The van der Waals surface area contributed by atoms with Gasteiger partial charge in [0, 0.05) is 12.6 Å². The van der Waals surface area contributed by atoms with Gasteiger partial charge in [0.05, 0.1) is 18.8 Å². The fraction of sp³-hybridized carbons (Fsp3) is 0.667. The maximum absolute atomic E-state index is 12.9. The lowest BCUT2D eigenvalue weighted by molar-refractivity contribution is -0.141. The summed E-state index contributed by atoms with van der Waals surface area (Å²) in [7, 11) is 0. The van der Waals surface area contributed by atoms with E-state index in [-0.39, 0.29) is 23.9 Å². The molecule has 9 heteroatoms. The molecule has 0 radical (unpaired) electrons. The topological polar surface area (TPSA) is 76.3 Å². The van der Waals surface area contributed by atoms with Crippen LogP contribution in [0.5, 0.6) is 0 Å². The highest BCUT2D eigenvalue weighted by molar-refractivity contribution is 5.47. The van der Waals surface area contributed by atoms with Crippen molar-refractivity contribution in [3.63, 3.8) is 0 Å². The summed E-state index contributed by atoms with van der Waals surface area (Å²) >= 11 is 0. The first-order chi connectivity index (χ1) is 9.99. The van der Waals surface area contributed by atoms with E-state index in [0.29, 0.717) is 13.2 Å². The molecule has 0 bridgehead atoms. The van der Waals surface area contributed by atoms with E-state index < -0.39 is 11.9 Å². The summed E-state index contributed by atoms with van der Waals surface area (Å²) in [6.45, 7) is 0.997. The Balaban J connectivity index is 1.97. The predicted molar refractivity (Wildman–Crippen MR) is 69.6 cm³/mol. The van der Waals surface area contributed by atoms with Crippen LogP contribution < -0.4 is 16.2 Å². The van der Waals surface area contributed by atoms with Gasteiger partial charge < -0.3 is 9.64 Å². The Bertz CT molecular complexity index is 524. The lowest BCUT2D eigenvalue weighted by Crippen LogP contribution is -2.49. The van der Waals surface area contributed by atoms with E-state index in [2.05, 4.69) is 15.4 Å². The van der Waals surface area contributed by atoms with Crippen LogP contribution >= 0.6 is 0 Å². The highest BCUT2D eigenvalue weighted by Crippen LogP contribution is 2.35. The van der Waals surface area contributed by atoms with Crippen LogP contribution in [0.4, 0.5) is 24.9 Å². The largest absolute Gasteiger partial charge is 0.433 e. The normalized spacial score (nSPS) is 25.8. The quantitative estimate of drug-likeness (QED) is 0.637. The van der Waals surface area contributed by atoms with E-state index >= 15 is 0 Å². The van der Waals surface area contributed by atoms with Gasteiger partial charge in [-0.1, -0.05) is 0 Å². The van der Waals surface area contributed by atoms with Crippen LogP contribution in [0.25, 0.3) is 0 Å². The third kappa shape index (κ3) is 2.75. The molecule has 1 aromatic rings. The first kappa shape index (κ1) is 14.3. The van der Waals surface area contributed by atoms with Crippen LogP contribution in [0, 0.1) is 0 Å². The Hall–Kier alpha value is -1.61. The third-order valence-corrected chi connectivity index (χ3v) is 3.91. The van der Waals surface area contributed by atoms with Crippen LogP contribution in [0.15, 0.2) is 6.07 Å². The number of fused-ring (bicyclic) bond motifs is 1. The van der Waals surface area contributed by atoms with Gasteiger partial charge in [0.15, 0.2) is 5.69 Å². The predicted octanol–water partition coefficient (Wildman–Crippen LogP) is 1.54. The van der Waals surface area contributed by atoms with Crippen molar-refractivity contribution >= 4 is 11.8 Å². The Morgan fingerprint density at radius 3 is 2.86 bits per heavy atom. The summed E-state index contributed by atoms with van der Waals surface area (Å²) in [6.07, 6.45) is -1.64. The molecule has 2 fully saturated rings. The number of hydrazine groups is 1. The SMILES string of the molecule is NNc1nc(N2CCOC3CCCC32)cc(C(F)(F)F)n1. The number of alkyl halides is 3. The standard InChI is InChI=1S/C12H16F3N5O/c13-12(14,15)9-6-10(18-11(17-9)19-16)20-4-5-21-8-3-1-2-7(8)20/h6-8H,1-5,16H2,(H,17,18,19). The minimum absolute atomic E-state index is 0.0670. The number of hydrogen-bond acceptors (Lipinski definition) is 6. The van der Waals surface area contributed by atoms with E-state index in [1.165, 1.54) is 0 Å². The maximum Gasteiger partial charge on any atom is 0.433 e. The Morgan fingerprint density at radius 1 is 1.33 bits per heavy atom. The first-order valence-corrected chi connectivity index (χ1v) is 6.80. The van der Waals surface area contributed by atoms with Crippen molar-refractivity contribution in [2.24, 2.45) is 5.84 Å². The molecule has 2 heterocycles. The molecule has 2 atom stereocenters. The average molecular weight is 303 g/mol. The van der Waals surface area contributed by atoms with Gasteiger partial charge in [-0.25, -0.2) is 10.8 Å². The zero-order chi connectivity index (χ0) is 15.0. The molecule has 1 aliphatic carbocycles. The van der Waals surface area contributed by atoms with Gasteiger partial charge in [-0.3, -0.25) is 5.43 Å². The molecule has 21 heavy (non-hydrogen) atoms. The summed E-state index contributed by atoms with van der Waals surface area (Å²) < 4.78 is 44.4. The van der Waals surface area contributed by atoms with Gasteiger partial charge in [-0.05, 0) is 19.3 Å². The van der Waals surface area contributed by atoms with Gasteiger partial charge in [-0.15, -0.1) is 0 Å². The van der Waals surface area contributed by atoms with Crippen molar-refractivity contribution in [3.8, 4) is 0 Å². The summed E-state index contributed by atoms with van der Waals surface area (Å²) in [5, 5.41) is 0. The van der Waals surface area contributed by atoms with Crippen molar-refractivity contribution in [2.45, 2.75) is 37.6 Å². The van der Waals surface area contributed by atoms with Crippen molar-refractivity contribution in [1.82, 2.24) is 9.97 Å². The molecule has 2 aliphatic rings. The van der Waals surface area contributed by atoms with E-state index in [9.17, 15) is 13.2 Å². The number of anilines is 2. The Morgan fingerprint density at radius 2 is 2.14 bits per heavy atom. The second-order valence-electron chi connectivity index (χ2n) is 5.18. The highest BCUT2D eigenvalue weighted by atomic mass is 19.4. The maximum atomic E-state index is 12.9. The number of ether oxygens (including phenoxy) is 1. The first-order valence-electron chi connectivity index (χ1n) is 6.80. The second-order valence-corrected chi connectivity index (χ2v) is 5.18. The molecule has 2 unspecified atom stereocenters. The third-order valence-electron chi connectivity index (χ3n) is 3.91. The van der Waals surface area contributed by atoms with Crippen LogP contribution in [0.3, 0.4) is 0 Å². The van der Waals surface area contributed by atoms with Gasteiger partial charge in [-0.2, -0.15) is 18.2 Å². The van der Waals surface area contributed by atoms with Gasteiger partial charge in [0.25, 0.3) is 0 Å². The molecule has 1 aliphatic heterocycles. The fourth-order valence-electron chi connectivity index (χ4n) is 3.00. The number of rotatable bonds is 2. The number of nitrogens with zero attached hydrogens (tertiary/aromatic N) is 3. The number of morpholine rings is 1. The number of aromatic nitrogens is 2. The average Bonchev–Trinajstić information content (AvgIpc) is 2.94. The van der Waals surface area contributed by atoms with Crippen LogP contribution in [-0.2, 0) is 10.9 Å². The van der Waals surface area contributed by atoms with Crippen molar-refractivity contribution in [2.75, 3.05) is 23.5 Å². The smallest absolute Gasteiger partial charge is 0.374 e. The molecule has 0 spiro atoms. The van der Waals surface area contributed by atoms with Crippen LogP contribution in [-0.4, -0.2) is 35.3 Å². The van der Waals surface area contributed by atoms with E-state index in [4.69, 9.17) is 10.6 Å². The van der Waals surface area contributed by atoms with E-state index in [1.54, 1.807) is 0 Å². The van der Waals surface area contributed by atoms with Crippen molar-refractivity contribution < 1.29 is 17.9 Å². The molecular weight excluding hydrogens is 287 g/mol.